The second-order valence-corrected chi connectivity index (χ2v) is 6.07. The van der Waals surface area contributed by atoms with Gasteiger partial charge in [-0.3, -0.25) is 0 Å². The van der Waals surface area contributed by atoms with Crippen molar-refractivity contribution in [1.82, 2.24) is 0 Å². The lowest BCUT2D eigenvalue weighted by Crippen LogP contribution is -2.56. The van der Waals surface area contributed by atoms with Gasteiger partial charge in [-0.25, -0.2) is 8.78 Å². The third kappa shape index (κ3) is 2.07. The van der Waals surface area contributed by atoms with E-state index in [2.05, 4.69) is 0 Å². The molecule has 2 N–H and O–H groups in total. The molecule has 1 aliphatic heterocycles. The number of rotatable bonds is 2. The molecule has 4 heteroatoms. The van der Waals surface area contributed by atoms with Gasteiger partial charge in [-0.2, -0.15) is 0 Å². The van der Waals surface area contributed by atoms with Crippen LogP contribution < -0.4 is 5.73 Å². The molecule has 0 bridgehead atoms. The lowest BCUT2D eigenvalue weighted by atomic mass is 9.48. The lowest BCUT2D eigenvalue weighted by molar-refractivity contribution is -0.0723. The van der Waals surface area contributed by atoms with Crippen LogP contribution in [-0.2, 0) is 10.2 Å². The highest BCUT2D eigenvalue weighted by molar-refractivity contribution is 5.33. The summed E-state index contributed by atoms with van der Waals surface area (Å²) in [5.74, 6) is -0.999. The highest BCUT2D eigenvalue weighted by atomic mass is 19.1. The van der Waals surface area contributed by atoms with Crippen molar-refractivity contribution in [3.63, 3.8) is 0 Å². The van der Waals surface area contributed by atoms with Gasteiger partial charge in [0.05, 0.1) is 0 Å². The second-order valence-electron chi connectivity index (χ2n) is 6.07. The molecule has 2 fully saturated rings. The molecule has 1 aromatic carbocycles. The Bertz CT molecular complexity index is 475. The van der Waals surface area contributed by atoms with Crippen LogP contribution in [0.15, 0.2) is 18.2 Å². The average molecular weight is 267 g/mol. The van der Waals surface area contributed by atoms with E-state index in [1.54, 1.807) is 6.07 Å². The predicted molar refractivity (Wildman–Crippen MR) is 68.8 cm³/mol. The van der Waals surface area contributed by atoms with E-state index < -0.39 is 11.6 Å². The van der Waals surface area contributed by atoms with Crippen LogP contribution in [0.25, 0.3) is 0 Å². The maximum atomic E-state index is 14.0. The number of halogens is 2. The molecule has 104 valence electrons. The summed E-state index contributed by atoms with van der Waals surface area (Å²) in [5, 5.41) is 0. The lowest BCUT2D eigenvalue weighted by Gasteiger charge is -2.58. The van der Waals surface area contributed by atoms with Crippen LogP contribution in [0.3, 0.4) is 0 Å². The molecule has 0 unspecified atom stereocenters. The largest absolute Gasteiger partial charge is 0.381 e. The molecular weight excluding hydrogens is 248 g/mol. The fraction of sp³-hybridized carbons (Fsp3) is 0.600. The van der Waals surface area contributed by atoms with Crippen LogP contribution in [0, 0.1) is 17.0 Å². The highest BCUT2D eigenvalue weighted by Gasteiger charge is 2.55. The first-order valence-corrected chi connectivity index (χ1v) is 6.83. The third-order valence-electron chi connectivity index (χ3n) is 4.87. The van der Waals surface area contributed by atoms with Gasteiger partial charge in [0.2, 0.25) is 0 Å². The minimum Gasteiger partial charge on any atom is -0.381 e. The average Bonchev–Trinajstić information content (AvgIpc) is 2.37. The molecule has 3 rings (SSSR count). The van der Waals surface area contributed by atoms with Crippen molar-refractivity contribution < 1.29 is 13.5 Å². The van der Waals surface area contributed by atoms with Gasteiger partial charge in [0.25, 0.3) is 0 Å². The Morgan fingerprint density at radius 2 is 1.84 bits per heavy atom. The van der Waals surface area contributed by atoms with Crippen molar-refractivity contribution in [1.29, 1.82) is 0 Å². The smallest absolute Gasteiger partial charge is 0.129 e. The summed E-state index contributed by atoms with van der Waals surface area (Å²) < 4.78 is 32.4. The van der Waals surface area contributed by atoms with Crippen molar-refractivity contribution in [2.45, 2.75) is 31.1 Å². The monoisotopic (exact) mass is 267 g/mol. The molecule has 0 amide bonds. The Labute approximate surface area is 111 Å². The predicted octanol–water partition coefficient (Wildman–Crippen LogP) is 2.75. The van der Waals surface area contributed by atoms with Crippen LogP contribution in [0.2, 0.25) is 0 Å². The normalized spacial score (nSPS) is 24.2. The summed E-state index contributed by atoms with van der Waals surface area (Å²) in [5.41, 5.74) is 6.44. The quantitative estimate of drug-likeness (QED) is 0.894. The van der Waals surface area contributed by atoms with Gasteiger partial charge < -0.3 is 10.5 Å². The summed E-state index contributed by atoms with van der Waals surface area (Å²) in [6.45, 7) is 1.98. The number of ether oxygens (including phenoxy) is 1. The van der Waals surface area contributed by atoms with Crippen molar-refractivity contribution >= 4 is 0 Å². The van der Waals surface area contributed by atoms with E-state index in [1.807, 2.05) is 0 Å². The van der Waals surface area contributed by atoms with E-state index in [1.165, 1.54) is 6.07 Å². The van der Waals surface area contributed by atoms with Crippen LogP contribution in [-0.4, -0.2) is 19.8 Å². The van der Waals surface area contributed by atoms with Gasteiger partial charge >= 0.3 is 0 Å². The Balaban J connectivity index is 1.86. The van der Waals surface area contributed by atoms with Crippen molar-refractivity contribution in [3.05, 3.63) is 35.4 Å². The molecule has 0 atom stereocenters. The van der Waals surface area contributed by atoms with Crippen LogP contribution in [0.4, 0.5) is 8.78 Å². The van der Waals surface area contributed by atoms with Crippen LogP contribution in [0.5, 0.6) is 0 Å². The number of hydrogen-bond donors (Lipinski definition) is 1. The van der Waals surface area contributed by atoms with Crippen molar-refractivity contribution in [2.75, 3.05) is 19.8 Å². The fourth-order valence-corrected chi connectivity index (χ4v) is 3.91. The standard InChI is InChI=1S/C15H19F2NO/c16-11-1-2-12(13(17)7-11)15(10-18)8-14(9-15)3-5-19-6-4-14/h1-2,7H,3-6,8-10,18H2. The van der Waals surface area contributed by atoms with Gasteiger partial charge in [-0.1, -0.05) is 6.07 Å². The highest BCUT2D eigenvalue weighted by Crippen LogP contribution is 2.60. The molecule has 1 heterocycles. The SMILES string of the molecule is NCC1(c2ccc(F)cc2F)CC2(CCOCC2)C1. The number of nitrogens with two attached hydrogens (primary N) is 1. The molecule has 2 nitrogen and oxygen atoms in total. The molecule has 1 saturated carbocycles. The van der Waals surface area contributed by atoms with E-state index in [-0.39, 0.29) is 10.8 Å². The Morgan fingerprint density at radius 1 is 1.16 bits per heavy atom. The van der Waals surface area contributed by atoms with Gasteiger partial charge in [0.15, 0.2) is 0 Å². The van der Waals surface area contributed by atoms with Gasteiger partial charge in [-0.05, 0) is 42.7 Å². The molecule has 2 aliphatic rings. The van der Waals surface area contributed by atoms with Crippen LogP contribution in [0.1, 0.15) is 31.2 Å². The first-order chi connectivity index (χ1) is 9.09. The van der Waals surface area contributed by atoms with Crippen LogP contribution >= 0.6 is 0 Å². The Morgan fingerprint density at radius 3 is 2.42 bits per heavy atom. The zero-order valence-electron chi connectivity index (χ0n) is 10.9. The zero-order chi connectivity index (χ0) is 13.5. The van der Waals surface area contributed by atoms with E-state index in [0.29, 0.717) is 12.1 Å². The first kappa shape index (κ1) is 13.0. The Hall–Kier alpha value is -1.00. The van der Waals surface area contributed by atoms with E-state index >= 15 is 0 Å². The van der Waals surface area contributed by atoms with Crippen molar-refractivity contribution in [3.8, 4) is 0 Å². The van der Waals surface area contributed by atoms with Gasteiger partial charge in [-0.15, -0.1) is 0 Å². The minimum absolute atomic E-state index is 0.262. The first-order valence-electron chi connectivity index (χ1n) is 6.83. The number of benzene rings is 1. The van der Waals surface area contributed by atoms with Gasteiger partial charge in [0.1, 0.15) is 11.6 Å². The third-order valence-corrected chi connectivity index (χ3v) is 4.87. The molecular formula is C15H19F2NO. The molecule has 0 radical (unpaired) electrons. The van der Waals surface area contributed by atoms with E-state index in [4.69, 9.17) is 10.5 Å². The summed E-state index contributed by atoms with van der Waals surface area (Å²) in [6.07, 6.45) is 3.83. The zero-order valence-corrected chi connectivity index (χ0v) is 10.9. The summed E-state index contributed by atoms with van der Waals surface area (Å²) in [6, 6.07) is 3.84. The minimum atomic E-state index is -0.534. The topological polar surface area (TPSA) is 35.2 Å². The van der Waals surface area contributed by atoms with Crippen molar-refractivity contribution in [2.24, 2.45) is 11.1 Å². The maximum absolute atomic E-state index is 14.0. The number of hydrogen-bond acceptors (Lipinski definition) is 2. The van der Waals surface area contributed by atoms with Gasteiger partial charge in [0, 0.05) is 31.2 Å². The fourth-order valence-electron chi connectivity index (χ4n) is 3.91. The summed E-state index contributed by atoms with van der Waals surface area (Å²) in [4.78, 5) is 0. The van der Waals surface area contributed by atoms with E-state index in [0.717, 1.165) is 45.0 Å². The summed E-state index contributed by atoms with van der Waals surface area (Å²) in [7, 11) is 0. The van der Waals surface area contributed by atoms with E-state index in [9.17, 15) is 8.78 Å². The second kappa shape index (κ2) is 4.53. The molecule has 1 saturated heterocycles. The molecule has 19 heavy (non-hydrogen) atoms. The Kier molecular flexibility index (Phi) is 3.10. The molecule has 1 aromatic rings. The molecule has 0 aromatic heterocycles. The summed E-state index contributed by atoms with van der Waals surface area (Å²) >= 11 is 0. The molecule has 1 aliphatic carbocycles. The molecule has 1 spiro atoms. The maximum Gasteiger partial charge on any atom is 0.129 e.